The maximum atomic E-state index is 13.9. The minimum atomic E-state index is -0.222. The van der Waals surface area contributed by atoms with Gasteiger partial charge in [0.1, 0.15) is 11.6 Å². The molecule has 1 saturated heterocycles. The SMILES string of the molecule is COCCN(C[C@@H]1CN(Cc2ccco2)C[C@H]1c1cccc(F)c1)C(=O)C(C)C. The van der Waals surface area contributed by atoms with Crippen LogP contribution in [-0.2, 0) is 16.1 Å². The van der Waals surface area contributed by atoms with E-state index in [4.69, 9.17) is 9.15 Å². The second-order valence-corrected chi connectivity index (χ2v) is 8.13. The van der Waals surface area contributed by atoms with Crippen molar-refractivity contribution in [1.29, 1.82) is 0 Å². The normalized spacial score (nSPS) is 19.8. The summed E-state index contributed by atoms with van der Waals surface area (Å²) < 4.78 is 24.6. The van der Waals surface area contributed by atoms with Gasteiger partial charge in [0.05, 0.1) is 19.4 Å². The zero-order chi connectivity index (χ0) is 20.8. The highest BCUT2D eigenvalue weighted by atomic mass is 19.1. The van der Waals surface area contributed by atoms with Gasteiger partial charge in [-0.25, -0.2) is 4.39 Å². The van der Waals surface area contributed by atoms with E-state index in [2.05, 4.69) is 4.90 Å². The Hall–Kier alpha value is -2.18. The summed E-state index contributed by atoms with van der Waals surface area (Å²) in [6.45, 7) is 7.90. The Kier molecular flexibility index (Phi) is 7.45. The van der Waals surface area contributed by atoms with Crippen LogP contribution in [0, 0.1) is 17.7 Å². The predicted octanol–water partition coefficient (Wildman–Crippen LogP) is 3.77. The Morgan fingerprint density at radius 2 is 2.14 bits per heavy atom. The predicted molar refractivity (Wildman–Crippen MR) is 110 cm³/mol. The number of rotatable bonds is 9. The third-order valence-corrected chi connectivity index (χ3v) is 5.58. The van der Waals surface area contributed by atoms with Crippen molar-refractivity contribution in [3.8, 4) is 0 Å². The molecule has 29 heavy (non-hydrogen) atoms. The molecule has 0 N–H and O–H groups in total. The van der Waals surface area contributed by atoms with E-state index in [0.717, 1.165) is 24.4 Å². The quantitative estimate of drug-likeness (QED) is 0.641. The molecule has 1 aromatic carbocycles. The van der Waals surface area contributed by atoms with Crippen molar-refractivity contribution in [2.24, 2.45) is 11.8 Å². The third kappa shape index (κ3) is 5.67. The van der Waals surface area contributed by atoms with Crippen LogP contribution in [0.25, 0.3) is 0 Å². The average Bonchev–Trinajstić information content (AvgIpc) is 3.34. The molecule has 2 atom stereocenters. The molecule has 1 aromatic heterocycles. The number of carbonyl (C=O) groups is 1. The van der Waals surface area contributed by atoms with Crippen LogP contribution in [0.3, 0.4) is 0 Å². The van der Waals surface area contributed by atoms with Gasteiger partial charge in [-0.15, -0.1) is 0 Å². The van der Waals surface area contributed by atoms with Gasteiger partial charge in [-0.2, -0.15) is 0 Å². The number of benzene rings is 1. The number of hydrogen-bond donors (Lipinski definition) is 0. The standard InChI is InChI=1S/C23H31FN2O3/c1-17(2)23(27)26(9-11-28-3)14-19-13-25(15-21-8-5-10-29-21)16-22(19)18-6-4-7-20(24)12-18/h4-8,10,12,17,19,22H,9,11,13-16H2,1-3H3/t19-,22-/m0/s1. The molecule has 1 fully saturated rings. The lowest BCUT2D eigenvalue weighted by molar-refractivity contribution is -0.135. The lowest BCUT2D eigenvalue weighted by atomic mass is 9.88. The van der Waals surface area contributed by atoms with Crippen molar-refractivity contribution >= 4 is 5.91 Å². The molecule has 0 aliphatic carbocycles. The Bertz CT molecular complexity index is 778. The van der Waals surface area contributed by atoms with Crippen LogP contribution in [-0.4, -0.2) is 55.6 Å². The van der Waals surface area contributed by atoms with E-state index in [1.165, 1.54) is 6.07 Å². The van der Waals surface area contributed by atoms with Crippen LogP contribution < -0.4 is 0 Å². The second-order valence-electron chi connectivity index (χ2n) is 8.13. The molecule has 6 heteroatoms. The van der Waals surface area contributed by atoms with Gasteiger partial charge in [-0.3, -0.25) is 9.69 Å². The summed E-state index contributed by atoms with van der Waals surface area (Å²) in [6.07, 6.45) is 1.68. The number of carbonyl (C=O) groups excluding carboxylic acids is 1. The summed E-state index contributed by atoms with van der Waals surface area (Å²) in [4.78, 5) is 17.0. The first kappa shape index (κ1) is 21.5. The van der Waals surface area contributed by atoms with E-state index < -0.39 is 0 Å². The molecule has 2 heterocycles. The van der Waals surface area contributed by atoms with Crippen LogP contribution >= 0.6 is 0 Å². The molecule has 0 spiro atoms. The summed E-state index contributed by atoms with van der Waals surface area (Å²) in [5, 5.41) is 0. The molecule has 5 nitrogen and oxygen atoms in total. The molecule has 0 bridgehead atoms. The maximum Gasteiger partial charge on any atom is 0.225 e. The van der Waals surface area contributed by atoms with Gasteiger partial charge in [0.25, 0.3) is 0 Å². The molecule has 1 aliphatic heterocycles. The number of likely N-dealkylation sites (tertiary alicyclic amines) is 1. The summed E-state index contributed by atoms with van der Waals surface area (Å²) in [7, 11) is 1.65. The van der Waals surface area contributed by atoms with E-state index >= 15 is 0 Å². The van der Waals surface area contributed by atoms with Gasteiger partial charge < -0.3 is 14.1 Å². The zero-order valence-electron chi connectivity index (χ0n) is 17.5. The fraction of sp³-hybridized carbons (Fsp3) is 0.522. The fourth-order valence-electron chi connectivity index (χ4n) is 4.15. The van der Waals surface area contributed by atoms with Crippen LogP contribution in [0.4, 0.5) is 4.39 Å². The van der Waals surface area contributed by atoms with Gasteiger partial charge in [0.2, 0.25) is 5.91 Å². The van der Waals surface area contributed by atoms with E-state index in [9.17, 15) is 9.18 Å². The molecule has 1 aliphatic rings. The van der Waals surface area contributed by atoms with Crippen LogP contribution in [0.1, 0.15) is 31.1 Å². The second kappa shape index (κ2) is 10.0. The van der Waals surface area contributed by atoms with Crippen LogP contribution in [0.15, 0.2) is 47.1 Å². The summed E-state index contributed by atoms with van der Waals surface area (Å²) >= 11 is 0. The number of nitrogens with zero attached hydrogens (tertiary/aromatic N) is 2. The minimum Gasteiger partial charge on any atom is -0.468 e. The Morgan fingerprint density at radius 3 is 2.79 bits per heavy atom. The topological polar surface area (TPSA) is 45.9 Å². The lowest BCUT2D eigenvalue weighted by Crippen LogP contribution is -2.41. The first-order valence-corrected chi connectivity index (χ1v) is 10.3. The van der Waals surface area contributed by atoms with Gasteiger partial charge in [0, 0.05) is 45.1 Å². The Balaban J connectivity index is 1.79. The number of hydrogen-bond acceptors (Lipinski definition) is 4. The number of methoxy groups -OCH3 is 1. The van der Waals surface area contributed by atoms with E-state index in [1.807, 2.05) is 36.9 Å². The number of halogens is 1. The minimum absolute atomic E-state index is 0.0694. The van der Waals surface area contributed by atoms with Crippen molar-refractivity contribution in [1.82, 2.24) is 9.80 Å². The van der Waals surface area contributed by atoms with Crippen molar-refractivity contribution < 1.29 is 18.3 Å². The monoisotopic (exact) mass is 402 g/mol. The summed E-state index contributed by atoms with van der Waals surface area (Å²) in [6, 6.07) is 10.7. The molecule has 158 valence electrons. The lowest BCUT2D eigenvalue weighted by Gasteiger charge is -2.29. The first-order chi connectivity index (χ1) is 14.0. The fourth-order valence-corrected chi connectivity index (χ4v) is 4.15. The van der Waals surface area contributed by atoms with Gasteiger partial charge in [-0.05, 0) is 35.7 Å². The average molecular weight is 403 g/mol. The first-order valence-electron chi connectivity index (χ1n) is 10.3. The molecule has 3 rings (SSSR count). The molecule has 0 saturated carbocycles. The highest BCUT2D eigenvalue weighted by molar-refractivity contribution is 5.78. The molecular formula is C23H31FN2O3. The van der Waals surface area contributed by atoms with E-state index in [1.54, 1.807) is 25.5 Å². The van der Waals surface area contributed by atoms with E-state index in [0.29, 0.717) is 26.2 Å². The Morgan fingerprint density at radius 1 is 1.31 bits per heavy atom. The molecule has 2 aromatic rings. The Labute approximate surface area is 172 Å². The maximum absolute atomic E-state index is 13.9. The van der Waals surface area contributed by atoms with Gasteiger partial charge in [-0.1, -0.05) is 26.0 Å². The summed E-state index contributed by atoms with van der Waals surface area (Å²) in [5.74, 6) is 1.12. The molecule has 0 unspecified atom stereocenters. The smallest absolute Gasteiger partial charge is 0.225 e. The van der Waals surface area contributed by atoms with Crippen molar-refractivity contribution in [2.75, 3.05) is 39.9 Å². The van der Waals surface area contributed by atoms with Crippen molar-refractivity contribution in [2.45, 2.75) is 26.3 Å². The highest BCUT2D eigenvalue weighted by Crippen LogP contribution is 2.34. The summed E-state index contributed by atoms with van der Waals surface area (Å²) in [5.41, 5.74) is 0.987. The third-order valence-electron chi connectivity index (χ3n) is 5.58. The van der Waals surface area contributed by atoms with E-state index in [-0.39, 0.29) is 29.5 Å². The zero-order valence-corrected chi connectivity index (χ0v) is 17.5. The molecule has 0 radical (unpaired) electrons. The van der Waals surface area contributed by atoms with Gasteiger partial charge in [0.15, 0.2) is 0 Å². The van der Waals surface area contributed by atoms with Gasteiger partial charge >= 0.3 is 0 Å². The van der Waals surface area contributed by atoms with Crippen LogP contribution in [0.5, 0.6) is 0 Å². The number of amides is 1. The largest absolute Gasteiger partial charge is 0.468 e. The molecular weight excluding hydrogens is 371 g/mol. The van der Waals surface area contributed by atoms with Crippen LogP contribution in [0.2, 0.25) is 0 Å². The highest BCUT2D eigenvalue weighted by Gasteiger charge is 2.36. The molecule has 1 amide bonds. The number of ether oxygens (including phenoxy) is 1. The van der Waals surface area contributed by atoms with Crippen molar-refractivity contribution in [3.63, 3.8) is 0 Å². The number of furan rings is 1. The van der Waals surface area contributed by atoms with Crippen molar-refractivity contribution in [3.05, 3.63) is 59.8 Å².